The zero-order valence-corrected chi connectivity index (χ0v) is 11.0. The number of hydrogen-bond acceptors (Lipinski definition) is 4. The van der Waals surface area contributed by atoms with Crippen LogP contribution in [0.25, 0.3) is 0 Å². The van der Waals surface area contributed by atoms with Crippen LogP contribution in [0.1, 0.15) is 12.5 Å². The molecule has 0 aliphatic rings. The summed E-state index contributed by atoms with van der Waals surface area (Å²) in [5, 5.41) is 6.30. The summed E-state index contributed by atoms with van der Waals surface area (Å²) in [6.45, 7) is 2.09. The molecule has 19 heavy (non-hydrogen) atoms. The van der Waals surface area contributed by atoms with E-state index in [1.807, 2.05) is 30.3 Å². The summed E-state index contributed by atoms with van der Waals surface area (Å²) in [6, 6.07) is 13.3. The zero-order valence-electron chi connectivity index (χ0n) is 11.0. The van der Waals surface area contributed by atoms with Crippen LogP contribution in [0.15, 0.2) is 47.6 Å². The number of benzene rings is 2. The van der Waals surface area contributed by atoms with Crippen LogP contribution in [0, 0.1) is 4.91 Å². The van der Waals surface area contributed by atoms with Crippen molar-refractivity contribution in [1.82, 2.24) is 0 Å². The summed E-state index contributed by atoms with van der Waals surface area (Å²) in [5.41, 5.74) is 3.09. The lowest BCUT2D eigenvalue weighted by molar-refractivity contribution is 0.416. The first-order valence-corrected chi connectivity index (χ1v) is 6.15. The van der Waals surface area contributed by atoms with Crippen molar-refractivity contribution in [3.63, 3.8) is 0 Å². The largest absolute Gasteiger partial charge is 0.494 e. The third kappa shape index (κ3) is 2.73. The predicted molar refractivity (Wildman–Crippen MR) is 77.6 cm³/mol. The van der Waals surface area contributed by atoms with Crippen LogP contribution in [-0.2, 0) is 6.42 Å². The summed E-state index contributed by atoms with van der Waals surface area (Å²) in [6.07, 6.45) is 0.914. The molecular formula is C15H16N2O2. The number of anilines is 2. The second kappa shape index (κ2) is 6.00. The van der Waals surface area contributed by atoms with E-state index in [2.05, 4.69) is 23.5 Å². The zero-order chi connectivity index (χ0) is 13.7. The summed E-state index contributed by atoms with van der Waals surface area (Å²) in [5.74, 6) is 0.467. The number of aryl methyl sites for hydroxylation is 1. The summed E-state index contributed by atoms with van der Waals surface area (Å²) in [4.78, 5) is 11.0. The molecule has 0 heterocycles. The third-order valence-corrected chi connectivity index (χ3v) is 2.98. The minimum absolute atomic E-state index is 0.288. The normalized spacial score (nSPS) is 10.0. The third-order valence-electron chi connectivity index (χ3n) is 2.98. The molecule has 2 aromatic carbocycles. The number of nitrogens with one attached hydrogen (secondary N) is 1. The molecule has 0 aliphatic heterocycles. The van der Waals surface area contributed by atoms with Gasteiger partial charge in [-0.25, -0.2) is 0 Å². The van der Waals surface area contributed by atoms with E-state index in [0.29, 0.717) is 11.4 Å². The molecule has 0 spiro atoms. The molecule has 0 amide bonds. The summed E-state index contributed by atoms with van der Waals surface area (Å²) in [7, 11) is 1.52. The maximum atomic E-state index is 11.0. The highest BCUT2D eigenvalue weighted by molar-refractivity contribution is 5.77. The predicted octanol–water partition coefficient (Wildman–Crippen LogP) is 4.40. The van der Waals surface area contributed by atoms with E-state index in [-0.39, 0.29) is 5.69 Å². The Morgan fingerprint density at radius 2 is 1.84 bits per heavy atom. The molecule has 2 aromatic rings. The van der Waals surface area contributed by atoms with Gasteiger partial charge in [0.05, 0.1) is 12.8 Å². The highest BCUT2D eigenvalue weighted by Gasteiger charge is 2.10. The highest BCUT2D eigenvalue weighted by Crippen LogP contribution is 2.37. The average Bonchev–Trinajstić information content (AvgIpc) is 2.47. The lowest BCUT2D eigenvalue weighted by atomic mass is 10.1. The molecule has 0 aromatic heterocycles. The Morgan fingerprint density at radius 1 is 1.11 bits per heavy atom. The van der Waals surface area contributed by atoms with Gasteiger partial charge in [-0.1, -0.05) is 31.2 Å². The molecule has 0 atom stereocenters. The molecule has 0 bridgehead atoms. The Kier molecular flexibility index (Phi) is 4.13. The number of hydrogen-bond donors (Lipinski definition) is 1. The van der Waals surface area contributed by atoms with Crippen molar-refractivity contribution in [2.24, 2.45) is 5.18 Å². The van der Waals surface area contributed by atoms with Crippen molar-refractivity contribution < 1.29 is 4.74 Å². The van der Waals surface area contributed by atoms with Gasteiger partial charge in [0.1, 0.15) is 5.75 Å². The molecule has 0 aliphatic carbocycles. The summed E-state index contributed by atoms with van der Waals surface area (Å²) >= 11 is 0. The first-order chi connectivity index (χ1) is 9.30. The van der Waals surface area contributed by atoms with Crippen LogP contribution in [-0.4, -0.2) is 7.11 Å². The van der Waals surface area contributed by atoms with Crippen molar-refractivity contribution in [2.45, 2.75) is 13.3 Å². The molecule has 0 radical (unpaired) electrons. The Labute approximate surface area is 112 Å². The maximum Gasteiger partial charge on any atom is 0.173 e. The quantitative estimate of drug-likeness (QED) is 0.807. The van der Waals surface area contributed by atoms with Crippen LogP contribution in [0.3, 0.4) is 0 Å². The van der Waals surface area contributed by atoms with Gasteiger partial charge in [0.2, 0.25) is 0 Å². The van der Waals surface area contributed by atoms with Crippen molar-refractivity contribution in [3.8, 4) is 5.75 Å². The van der Waals surface area contributed by atoms with E-state index >= 15 is 0 Å². The Morgan fingerprint density at radius 3 is 2.53 bits per heavy atom. The first kappa shape index (κ1) is 13.1. The molecule has 4 nitrogen and oxygen atoms in total. The number of methoxy groups -OCH3 is 1. The van der Waals surface area contributed by atoms with Gasteiger partial charge < -0.3 is 10.1 Å². The Balaban J connectivity index is 2.40. The van der Waals surface area contributed by atoms with E-state index in [1.165, 1.54) is 12.7 Å². The van der Waals surface area contributed by atoms with E-state index in [0.717, 1.165) is 12.1 Å². The number of rotatable bonds is 5. The topological polar surface area (TPSA) is 50.7 Å². The first-order valence-electron chi connectivity index (χ1n) is 6.15. The lowest BCUT2D eigenvalue weighted by Crippen LogP contribution is -1.96. The number of para-hydroxylation sites is 1. The number of ether oxygens (including phenoxy) is 1. The lowest BCUT2D eigenvalue weighted by Gasteiger charge is -2.13. The van der Waals surface area contributed by atoms with E-state index < -0.39 is 0 Å². The average molecular weight is 256 g/mol. The molecule has 0 saturated heterocycles. The van der Waals surface area contributed by atoms with Gasteiger partial charge >= 0.3 is 0 Å². The minimum Gasteiger partial charge on any atom is -0.494 e. The fourth-order valence-corrected chi connectivity index (χ4v) is 1.98. The van der Waals surface area contributed by atoms with Crippen LogP contribution in [0.4, 0.5) is 17.1 Å². The highest BCUT2D eigenvalue weighted by atomic mass is 16.5. The van der Waals surface area contributed by atoms with Crippen LogP contribution in [0.5, 0.6) is 5.75 Å². The van der Waals surface area contributed by atoms with E-state index in [9.17, 15) is 4.91 Å². The molecule has 98 valence electrons. The molecule has 0 saturated carbocycles. The molecular weight excluding hydrogens is 240 g/mol. The fraction of sp³-hybridized carbons (Fsp3) is 0.200. The molecule has 1 N–H and O–H groups in total. The smallest absolute Gasteiger partial charge is 0.173 e. The van der Waals surface area contributed by atoms with Crippen molar-refractivity contribution in [3.05, 3.63) is 52.9 Å². The fourth-order valence-electron chi connectivity index (χ4n) is 1.98. The molecule has 4 heteroatoms. The summed E-state index contributed by atoms with van der Waals surface area (Å²) < 4.78 is 5.14. The van der Waals surface area contributed by atoms with Crippen LogP contribution < -0.4 is 10.1 Å². The SMILES string of the molecule is CCc1ccccc1Nc1cccc(OC)c1N=O. The molecule has 0 unspecified atom stereocenters. The second-order valence-corrected chi connectivity index (χ2v) is 4.08. The van der Waals surface area contributed by atoms with Gasteiger partial charge in [-0.2, -0.15) is 0 Å². The number of nitroso groups, excluding NO2 is 1. The van der Waals surface area contributed by atoms with Crippen LogP contribution >= 0.6 is 0 Å². The second-order valence-electron chi connectivity index (χ2n) is 4.08. The van der Waals surface area contributed by atoms with Crippen molar-refractivity contribution >= 4 is 17.1 Å². The van der Waals surface area contributed by atoms with E-state index in [4.69, 9.17) is 4.74 Å². The molecule has 2 rings (SSSR count). The minimum atomic E-state index is 0.288. The van der Waals surface area contributed by atoms with Gasteiger partial charge in [-0.3, -0.25) is 0 Å². The van der Waals surface area contributed by atoms with Gasteiger partial charge in [0, 0.05) is 5.69 Å². The van der Waals surface area contributed by atoms with Gasteiger partial charge in [-0.15, -0.1) is 4.91 Å². The Hall–Kier alpha value is -2.36. The maximum absolute atomic E-state index is 11.0. The Bertz CT molecular complexity index is 582. The van der Waals surface area contributed by atoms with Gasteiger partial charge in [-0.05, 0) is 35.4 Å². The molecule has 0 fully saturated rings. The van der Waals surface area contributed by atoms with Gasteiger partial charge in [0.25, 0.3) is 0 Å². The van der Waals surface area contributed by atoms with Crippen molar-refractivity contribution in [1.29, 1.82) is 0 Å². The number of nitrogens with zero attached hydrogens (tertiary/aromatic N) is 1. The monoisotopic (exact) mass is 256 g/mol. The van der Waals surface area contributed by atoms with E-state index in [1.54, 1.807) is 6.07 Å². The standard InChI is InChI=1S/C15H16N2O2/c1-3-11-7-4-5-8-12(11)16-13-9-6-10-14(19-2)15(13)17-18/h4-10,16H,3H2,1-2H3. The van der Waals surface area contributed by atoms with Gasteiger partial charge in [0.15, 0.2) is 5.69 Å². The van der Waals surface area contributed by atoms with Crippen LogP contribution in [0.2, 0.25) is 0 Å². The van der Waals surface area contributed by atoms with Crippen molar-refractivity contribution in [2.75, 3.05) is 12.4 Å².